The number of fused-ring (bicyclic) bond motifs is 5. The summed E-state index contributed by atoms with van der Waals surface area (Å²) in [6.45, 7) is 5.57. The molecule has 3 saturated heterocycles. The lowest BCUT2D eigenvalue weighted by Crippen LogP contribution is -2.63. The Morgan fingerprint density at radius 2 is 1.54 bits per heavy atom. The maximum absolute atomic E-state index is 12.6. The molecular weight excluding hydrogens is 776 g/mol. The largest absolute Gasteiger partial charge is 0.458 e. The van der Waals surface area contributed by atoms with Crippen LogP contribution in [0.3, 0.4) is 0 Å². The molecule has 59 heavy (non-hydrogen) atoms. The molecule has 17 nitrogen and oxygen atoms in total. The predicted molar refractivity (Wildman–Crippen MR) is 202 cm³/mol. The van der Waals surface area contributed by atoms with E-state index in [1.165, 1.54) is 12.7 Å². The Morgan fingerprint density at radius 3 is 2.24 bits per heavy atom. The van der Waals surface area contributed by atoms with Crippen LogP contribution in [0, 0.1) is 28.6 Å². The molecule has 8 rings (SSSR count). The van der Waals surface area contributed by atoms with Crippen LogP contribution in [-0.4, -0.2) is 171 Å². The fourth-order valence-electron chi connectivity index (χ4n) is 12.3. The second kappa shape index (κ2) is 16.8. The van der Waals surface area contributed by atoms with E-state index in [0.29, 0.717) is 18.9 Å². The Balaban J connectivity index is 0.872. The third kappa shape index (κ3) is 7.56. The van der Waals surface area contributed by atoms with Crippen LogP contribution in [0.2, 0.25) is 0 Å². The van der Waals surface area contributed by atoms with E-state index in [1.807, 2.05) is 0 Å². The quantitative estimate of drug-likeness (QED) is 0.104. The zero-order valence-electron chi connectivity index (χ0n) is 34.3. The van der Waals surface area contributed by atoms with Crippen molar-refractivity contribution in [1.29, 1.82) is 0 Å². The van der Waals surface area contributed by atoms with Gasteiger partial charge in [-0.1, -0.05) is 25.5 Å². The van der Waals surface area contributed by atoms with Crippen LogP contribution in [0.4, 0.5) is 0 Å². The number of rotatable bonds is 10. The predicted octanol–water partition coefficient (Wildman–Crippen LogP) is -0.292. The first-order chi connectivity index (χ1) is 28.0. The van der Waals surface area contributed by atoms with E-state index in [4.69, 9.17) is 37.9 Å². The number of cyclic esters (lactones) is 1. The molecule has 4 aliphatic heterocycles. The van der Waals surface area contributed by atoms with Gasteiger partial charge in [-0.2, -0.15) is 0 Å². The van der Waals surface area contributed by atoms with Crippen LogP contribution in [-0.2, 0) is 42.7 Å². The lowest BCUT2D eigenvalue weighted by molar-refractivity contribution is -0.354. The van der Waals surface area contributed by atoms with Gasteiger partial charge >= 0.3 is 5.97 Å². The maximum atomic E-state index is 12.6. The average Bonchev–Trinajstić information content (AvgIpc) is 3.77. The monoisotopic (exact) mass is 840 g/mol. The fraction of sp³-hybridized carbons (Fsp3) is 0.881. The summed E-state index contributed by atoms with van der Waals surface area (Å²) in [6, 6.07) is 0. The first kappa shape index (κ1) is 44.0. The number of hydrogen-bond acceptors (Lipinski definition) is 17. The third-order valence-electron chi connectivity index (χ3n) is 15.9. The van der Waals surface area contributed by atoms with Crippen LogP contribution >= 0.6 is 0 Å². The van der Waals surface area contributed by atoms with Crippen molar-refractivity contribution in [3.05, 3.63) is 23.3 Å². The molecule has 334 valence electrons. The van der Waals surface area contributed by atoms with E-state index in [0.717, 1.165) is 56.9 Å². The summed E-state index contributed by atoms with van der Waals surface area (Å²) in [6.07, 6.45) is -6.94. The van der Waals surface area contributed by atoms with Gasteiger partial charge in [-0.25, -0.2) is 4.79 Å². The molecule has 21 atom stereocenters. The number of hydrogen-bond donors (Lipinski definition) is 8. The minimum Gasteiger partial charge on any atom is -0.458 e. The van der Waals surface area contributed by atoms with Crippen molar-refractivity contribution in [3.63, 3.8) is 0 Å². The normalized spacial score (nSPS) is 52.5. The molecule has 0 aromatic heterocycles. The highest BCUT2D eigenvalue weighted by atomic mass is 16.8. The van der Waals surface area contributed by atoms with Gasteiger partial charge in [-0.05, 0) is 87.0 Å². The molecular formula is C42H64O17. The molecule has 0 amide bonds. The first-order valence-corrected chi connectivity index (χ1v) is 21.4. The summed E-state index contributed by atoms with van der Waals surface area (Å²) in [5, 5.41) is 85.0. The molecule has 8 aliphatic rings. The highest BCUT2D eigenvalue weighted by Crippen LogP contribution is 2.69. The summed E-state index contributed by atoms with van der Waals surface area (Å²) >= 11 is 0. The Kier molecular flexibility index (Phi) is 12.5. The summed E-state index contributed by atoms with van der Waals surface area (Å²) in [5.74, 6) is 0.342. The molecule has 0 spiro atoms. The molecule has 4 aliphatic carbocycles. The van der Waals surface area contributed by atoms with Crippen molar-refractivity contribution in [2.24, 2.45) is 28.6 Å². The Hall–Kier alpha value is -1.65. The number of allylic oxidation sites excluding steroid dienone is 1. The standard InChI is InChI=1S/C42H64O17/c1-19-37(59-39-36(50)34(48)32(46)28(58-39)18-54-38-35(49)33(47)31(45)27(16-43)57-38)26(52-4)15-30(55-19)56-22-7-10-40(2)21(14-22)5-6-25-24(40)8-11-41(3)23(9-12-42(25,41)51)20-13-29(44)53-17-20/h5,13,19,22-28,30-39,43,45-51H,6-12,14-18H2,1-4H3/t19-,22-,23+,24?,25?,26-,27+,28+,30-,31+,32+,33-,34-,35+,36+,37-,38+,39-,40-,41+,42-/m0/s1. The molecule has 0 radical (unpaired) electrons. The number of methoxy groups -OCH3 is 1. The van der Waals surface area contributed by atoms with E-state index in [9.17, 15) is 45.6 Å². The van der Waals surface area contributed by atoms with Crippen molar-refractivity contribution >= 4 is 5.97 Å². The number of ether oxygens (including phenoxy) is 8. The van der Waals surface area contributed by atoms with Crippen molar-refractivity contribution < 1.29 is 83.5 Å². The Bertz CT molecular complexity index is 1590. The molecule has 4 heterocycles. The van der Waals surface area contributed by atoms with Crippen LogP contribution in [0.1, 0.15) is 78.6 Å². The van der Waals surface area contributed by atoms with Crippen molar-refractivity contribution in [2.45, 2.75) is 176 Å². The SMILES string of the molecule is CO[C@H]1C[C@H](O[C@H]2CC[C@@]3(C)C(=CCC4C3CC[C@]3(C)[C@@H](C5=CC(=O)OC5)CC[C@]43O)C2)O[C@@H](C)[C@@H]1O[C@@H]1O[C@H](CO[C@@H]2O[C@H](CO)[C@@H](O)[C@H](O)[C@H]2O)[C@@H](O)[C@H](O)[C@H]1O. The van der Waals surface area contributed by atoms with Gasteiger partial charge in [0, 0.05) is 25.0 Å². The van der Waals surface area contributed by atoms with Gasteiger partial charge in [-0.15, -0.1) is 0 Å². The topological polar surface area (TPSA) is 253 Å². The van der Waals surface area contributed by atoms with Gasteiger partial charge < -0.3 is 78.7 Å². The molecule has 2 unspecified atom stereocenters. The minimum atomic E-state index is -1.71. The van der Waals surface area contributed by atoms with Gasteiger partial charge in [0.2, 0.25) is 0 Å². The summed E-state index contributed by atoms with van der Waals surface area (Å²) in [7, 11) is 1.53. The molecule has 8 N–H and O–H groups in total. The van der Waals surface area contributed by atoms with E-state index in [-0.39, 0.29) is 34.7 Å². The zero-order valence-corrected chi connectivity index (χ0v) is 34.3. The Morgan fingerprint density at radius 1 is 0.831 bits per heavy atom. The van der Waals surface area contributed by atoms with Gasteiger partial charge in [0.05, 0.1) is 37.1 Å². The second-order valence-electron chi connectivity index (χ2n) is 18.8. The minimum absolute atomic E-state index is 0.0605. The van der Waals surface area contributed by atoms with Crippen molar-refractivity contribution in [1.82, 2.24) is 0 Å². The van der Waals surface area contributed by atoms with E-state index < -0.39 is 105 Å². The highest BCUT2D eigenvalue weighted by molar-refractivity contribution is 5.85. The lowest BCUT2D eigenvalue weighted by Gasteiger charge is -2.61. The molecule has 6 fully saturated rings. The molecule has 3 saturated carbocycles. The number of aliphatic hydroxyl groups is 8. The molecule has 0 bridgehead atoms. The molecule has 0 aromatic carbocycles. The van der Waals surface area contributed by atoms with Gasteiger partial charge in [0.1, 0.15) is 61.5 Å². The highest BCUT2D eigenvalue weighted by Gasteiger charge is 2.67. The van der Waals surface area contributed by atoms with Crippen molar-refractivity contribution in [2.75, 3.05) is 26.9 Å². The van der Waals surface area contributed by atoms with Crippen molar-refractivity contribution in [3.8, 4) is 0 Å². The fourth-order valence-corrected chi connectivity index (χ4v) is 12.3. The molecule has 0 aromatic rings. The van der Waals surface area contributed by atoms with Gasteiger partial charge in [-0.3, -0.25) is 0 Å². The summed E-state index contributed by atoms with van der Waals surface area (Å²) in [4.78, 5) is 11.9. The lowest BCUT2D eigenvalue weighted by atomic mass is 9.45. The molecule has 17 heteroatoms. The Labute approximate surface area is 344 Å². The summed E-state index contributed by atoms with van der Waals surface area (Å²) < 4.78 is 47.1. The third-order valence-corrected chi connectivity index (χ3v) is 15.9. The second-order valence-corrected chi connectivity index (χ2v) is 18.8. The van der Waals surface area contributed by atoms with E-state index >= 15 is 0 Å². The van der Waals surface area contributed by atoms with Crippen LogP contribution in [0.25, 0.3) is 0 Å². The number of carbonyl (C=O) groups is 1. The van der Waals surface area contributed by atoms with Crippen LogP contribution in [0.5, 0.6) is 0 Å². The maximum Gasteiger partial charge on any atom is 0.331 e. The smallest absolute Gasteiger partial charge is 0.331 e. The average molecular weight is 841 g/mol. The van der Waals surface area contributed by atoms with Gasteiger partial charge in [0.25, 0.3) is 0 Å². The van der Waals surface area contributed by atoms with Crippen LogP contribution < -0.4 is 0 Å². The first-order valence-electron chi connectivity index (χ1n) is 21.4. The van der Waals surface area contributed by atoms with E-state index in [2.05, 4.69) is 19.9 Å². The van der Waals surface area contributed by atoms with Crippen LogP contribution in [0.15, 0.2) is 23.3 Å². The van der Waals surface area contributed by atoms with Gasteiger partial charge in [0.15, 0.2) is 18.9 Å². The summed E-state index contributed by atoms with van der Waals surface area (Å²) in [5.41, 5.74) is 1.22. The number of esters is 1. The van der Waals surface area contributed by atoms with E-state index in [1.54, 1.807) is 13.0 Å². The zero-order chi connectivity index (χ0) is 42.2. The number of aliphatic hydroxyl groups excluding tert-OH is 7. The number of carbonyl (C=O) groups excluding carboxylic acids is 1.